The zero-order valence-electron chi connectivity index (χ0n) is 18.7. The van der Waals surface area contributed by atoms with E-state index in [0.29, 0.717) is 34.1 Å². The van der Waals surface area contributed by atoms with Crippen LogP contribution in [0.15, 0.2) is 69.3 Å². The molecular weight excluding hydrogens is 506 g/mol. The largest absolute Gasteiger partial charge is 0.507 e. The number of benzene rings is 2. The highest BCUT2D eigenvalue weighted by molar-refractivity contribution is 9.10. The van der Waals surface area contributed by atoms with Crippen LogP contribution in [-0.4, -0.2) is 43.0 Å². The van der Waals surface area contributed by atoms with Crippen molar-refractivity contribution < 1.29 is 33.3 Å². The minimum atomic E-state index is -0.928. The van der Waals surface area contributed by atoms with Crippen molar-refractivity contribution in [2.75, 3.05) is 21.3 Å². The molecule has 0 bridgehead atoms. The van der Waals surface area contributed by atoms with Crippen LogP contribution in [-0.2, 0) is 16.1 Å². The zero-order chi connectivity index (χ0) is 24.4. The van der Waals surface area contributed by atoms with E-state index in [4.69, 9.17) is 18.6 Å². The number of hydrogen-bond donors (Lipinski definition) is 1. The van der Waals surface area contributed by atoms with Gasteiger partial charge in [0.15, 0.2) is 11.5 Å². The molecule has 1 amide bonds. The smallest absolute Gasteiger partial charge is 0.296 e. The lowest BCUT2D eigenvalue weighted by atomic mass is 9.94. The van der Waals surface area contributed by atoms with E-state index in [2.05, 4.69) is 15.9 Å². The van der Waals surface area contributed by atoms with Crippen LogP contribution in [0.4, 0.5) is 0 Å². The zero-order valence-corrected chi connectivity index (χ0v) is 20.3. The lowest BCUT2D eigenvalue weighted by Gasteiger charge is -2.26. The molecule has 0 saturated carbocycles. The second-order valence-electron chi connectivity index (χ2n) is 7.47. The Morgan fingerprint density at radius 1 is 1.03 bits per heavy atom. The van der Waals surface area contributed by atoms with Crippen molar-refractivity contribution in [3.63, 3.8) is 0 Å². The predicted molar refractivity (Wildman–Crippen MR) is 127 cm³/mol. The van der Waals surface area contributed by atoms with Gasteiger partial charge in [0.1, 0.15) is 11.5 Å². The fraction of sp³-hybridized carbons (Fsp3) is 0.200. The van der Waals surface area contributed by atoms with Crippen LogP contribution in [0.25, 0.3) is 5.76 Å². The molecule has 1 atom stereocenters. The van der Waals surface area contributed by atoms with Gasteiger partial charge in [-0.25, -0.2) is 0 Å². The summed E-state index contributed by atoms with van der Waals surface area (Å²) in [5.74, 6) is -0.285. The third-order valence-electron chi connectivity index (χ3n) is 5.57. The molecule has 1 unspecified atom stereocenters. The van der Waals surface area contributed by atoms with Crippen molar-refractivity contribution in [3.05, 3.63) is 81.7 Å². The molecule has 0 radical (unpaired) electrons. The maximum absolute atomic E-state index is 13.2. The lowest BCUT2D eigenvalue weighted by Crippen LogP contribution is -2.29. The van der Waals surface area contributed by atoms with Gasteiger partial charge in [0.25, 0.3) is 11.7 Å². The molecule has 1 saturated heterocycles. The van der Waals surface area contributed by atoms with Gasteiger partial charge in [0.05, 0.1) is 45.8 Å². The van der Waals surface area contributed by atoms with Gasteiger partial charge in [0.2, 0.25) is 5.75 Å². The number of ketones is 1. The molecule has 176 valence electrons. The molecule has 1 aliphatic heterocycles. The van der Waals surface area contributed by atoms with Gasteiger partial charge in [-0.05, 0) is 42.0 Å². The Balaban J connectivity index is 1.94. The van der Waals surface area contributed by atoms with Gasteiger partial charge in [-0.2, -0.15) is 0 Å². The Hall–Kier alpha value is -3.72. The average Bonchev–Trinajstić information content (AvgIpc) is 3.45. The Bertz CT molecular complexity index is 1220. The highest BCUT2D eigenvalue weighted by atomic mass is 79.9. The number of Topliss-reactive ketones (excluding diaryl/α,β-unsaturated/α-hetero) is 1. The first-order valence-corrected chi connectivity index (χ1v) is 11.1. The highest BCUT2D eigenvalue weighted by Gasteiger charge is 2.47. The fourth-order valence-electron chi connectivity index (χ4n) is 3.98. The summed E-state index contributed by atoms with van der Waals surface area (Å²) < 4.78 is 22.6. The number of ether oxygens (including phenoxy) is 3. The van der Waals surface area contributed by atoms with Gasteiger partial charge in [-0.3, -0.25) is 9.59 Å². The van der Waals surface area contributed by atoms with Gasteiger partial charge < -0.3 is 28.6 Å². The molecule has 4 rings (SSSR count). The number of rotatable bonds is 7. The van der Waals surface area contributed by atoms with Crippen LogP contribution in [0.2, 0.25) is 0 Å². The average molecular weight is 528 g/mol. The molecule has 3 aromatic rings. The Morgan fingerprint density at radius 3 is 2.21 bits per heavy atom. The number of aliphatic hydroxyl groups excluding tert-OH is 1. The normalized spacial score (nSPS) is 17.2. The van der Waals surface area contributed by atoms with E-state index < -0.39 is 17.7 Å². The number of hydrogen-bond acceptors (Lipinski definition) is 7. The minimum Gasteiger partial charge on any atom is -0.507 e. The maximum atomic E-state index is 13.2. The summed E-state index contributed by atoms with van der Waals surface area (Å²) in [5.41, 5.74) is 0.851. The summed E-state index contributed by atoms with van der Waals surface area (Å²) in [4.78, 5) is 27.7. The Morgan fingerprint density at radius 2 is 1.68 bits per heavy atom. The molecule has 1 aromatic heterocycles. The molecule has 1 N–H and O–H groups in total. The Kier molecular flexibility index (Phi) is 6.65. The first kappa shape index (κ1) is 23.4. The number of carbonyl (C=O) groups excluding carboxylic acids is 2. The Labute approximate surface area is 204 Å². The summed E-state index contributed by atoms with van der Waals surface area (Å²) in [7, 11) is 4.43. The molecule has 0 aliphatic carbocycles. The maximum Gasteiger partial charge on any atom is 0.296 e. The van der Waals surface area contributed by atoms with Crippen LogP contribution in [0.1, 0.15) is 22.9 Å². The van der Waals surface area contributed by atoms with Gasteiger partial charge in [0, 0.05) is 10.0 Å². The van der Waals surface area contributed by atoms with E-state index >= 15 is 0 Å². The number of aliphatic hydroxyl groups is 1. The summed E-state index contributed by atoms with van der Waals surface area (Å²) in [6.07, 6.45) is 1.49. The van der Waals surface area contributed by atoms with Crippen LogP contribution in [0.5, 0.6) is 17.2 Å². The van der Waals surface area contributed by atoms with Crippen molar-refractivity contribution >= 4 is 33.4 Å². The highest BCUT2D eigenvalue weighted by Crippen LogP contribution is 2.46. The van der Waals surface area contributed by atoms with Gasteiger partial charge in [-0.1, -0.05) is 28.1 Å². The summed E-state index contributed by atoms with van der Waals surface area (Å²) in [6, 6.07) is 12.6. The van der Waals surface area contributed by atoms with Crippen molar-refractivity contribution in [1.82, 2.24) is 4.90 Å². The number of furan rings is 1. The third kappa shape index (κ3) is 4.14. The standard InChI is InChI=1S/C25H22BrNO7/c1-31-18-11-15(12-19(32-2)24(18)33-3)21-20(22(28)14-6-8-16(26)9-7-14)23(29)25(30)27(21)13-17-5-4-10-34-17/h4-12,21,28H,13H2,1-3H3. The molecule has 9 heteroatoms. The van der Waals surface area contributed by atoms with Crippen molar-refractivity contribution in [1.29, 1.82) is 0 Å². The molecule has 1 aliphatic rings. The first-order valence-electron chi connectivity index (χ1n) is 10.3. The van der Waals surface area contributed by atoms with Crippen molar-refractivity contribution in [2.45, 2.75) is 12.6 Å². The van der Waals surface area contributed by atoms with Crippen molar-refractivity contribution in [3.8, 4) is 17.2 Å². The van der Waals surface area contributed by atoms with Crippen LogP contribution < -0.4 is 14.2 Å². The molecular formula is C25H22BrNO7. The van der Waals surface area contributed by atoms with Crippen LogP contribution >= 0.6 is 15.9 Å². The molecule has 8 nitrogen and oxygen atoms in total. The molecule has 2 aromatic carbocycles. The van der Waals surface area contributed by atoms with Crippen molar-refractivity contribution in [2.24, 2.45) is 0 Å². The van der Waals surface area contributed by atoms with Gasteiger partial charge in [-0.15, -0.1) is 0 Å². The molecule has 34 heavy (non-hydrogen) atoms. The molecule has 1 fully saturated rings. The number of nitrogens with zero attached hydrogens (tertiary/aromatic N) is 1. The monoisotopic (exact) mass is 527 g/mol. The number of methoxy groups -OCH3 is 3. The van der Waals surface area contributed by atoms with E-state index in [0.717, 1.165) is 4.47 Å². The second-order valence-corrected chi connectivity index (χ2v) is 8.39. The topological polar surface area (TPSA) is 98.4 Å². The predicted octanol–water partition coefficient (Wildman–Crippen LogP) is 4.69. The fourth-order valence-corrected chi connectivity index (χ4v) is 4.25. The van der Waals surface area contributed by atoms with E-state index in [1.165, 1.54) is 32.5 Å². The van der Waals surface area contributed by atoms with E-state index in [1.807, 2.05) is 0 Å². The summed E-state index contributed by atoms with van der Waals surface area (Å²) in [6.45, 7) is 0.0238. The van der Waals surface area contributed by atoms with E-state index in [9.17, 15) is 14.7 Å². The van der Waals surface area contributed by atoms with E-state index in [1.54, 1.807) is 48.5 Å². The molecule has 2 heterocycles. The second kappa shape index (κ2) is 9.64. The molecule has 0 spiro atoms. The quantitative estimate of drug-likeness (QED) is 0.270. The van der Waals surface area contributed by atoms with Crippen LogP contribution in [0.3, 0.4) is 0 Å². The number of likely N-dealkylation sites (tertiary alicyclic amines) is 1. The lowest BCUT2D eigenvalue weighted by molar-refractivity contribution is -0.140. The summed E-state index contributed by atoms with van der Waals surface area (Å²) in [5, 5.41) is 11.2. The first-order chi connectivity index (χ1) is 16.4. The van der Waals surface area contributed by atoms with Gasteiger partial charge >= 0.3 is 0 Å². The minimum absolute atomic E-state index is 0.0238. The van der Waals surface area contributed by atoms with E-state index in [-0.39, 0.29) is 17.9 Å². The third-order valence-corrected chi connectivity index (χ3v) is 6.10. The SMILES string of the molecule is COc1cc(C2C(=C(O)c3ccc(Br)cc3)C(=O)C(=O)N2Cc2ccco2)cc(OC)c1OC. The summed E-state index contributed by atoms with van der Waals surface area (Å²) >= 11 is 3.36. The number of carbonyl (C=O) groups is 2. The number of amides is 1. The van der Waals surface area contributed by atoms with Crippen LogP contribution in [0, 0.1) is 0 Å². The number of halogens is 1.